The van der Waals surface area contributed by atoms with Gasteiger partial charge in [-0.15, -0.1) is 0 Å². The van der Waals surface area contributed by atoms with Crippen LogP contribution in [0, 0.1) is 0 Å². The molecule has 1 fully saturated rings. The molecule has 3 heteroatoms. The molecule has 0 amide bonds. The molecule has 0 atom stereocenters. The van der Waals surface area contributed by atoms with Gasteiger partial charge in [0.1, 0.15) is 0 Å². The number of nitrogens with zero attached hydrogens (tertiary/aromatic N) is 2. The highest BCUT2D eigenvalue weighted by molar-refractivity contribution is 5.59. The number of hydrogen-bond donors (Lipinski definition) is 1. The molecular weight excluding hydrogens is 246 g/mol. The van der Waals surface area contributed by atoms with E-state index in [1.54, 1.807) is 0 Å². The Hall–Kier alpha value is -1.61. The van der Waals surface area contributed by atoms with Crippen LogP contribution in [0.1, 0.15) is 50.3 Å². The molecule has 0 spiro atoms. The SMILES string of the molecule is NCc1cc(-c2ccccc2)nn1C1CCCCCC1. The van der Waals surface area contributed by atoms with Crippen molar-refractivity contribution in [3.05, 3.63) is 42.1 Å². The van der Waals surface area contributed by atoms with E-state index in [2.05, 4.69) is 35.0 Å². The van der Waals surface area contributed by atoms with Crippen molar-refractivity contribution in [2.45, 2.75) is 51.1 Å². The van der Waals surface area contributed by atoms with Crippen LogP contribution in [0.25, 0.3) is 11.3 Å². The van der Waals surface area contributed by atoms with Crippen LogP contribution in [0.5, 0.6) is 0 Å². The van der Waals surface area contributed by atoms with Crippen molar-refractivity contribution < 1.29 is 0 Å². The molecule has 3 rings (SSSR count). The Labute approximate surface area is 120 Å². The second-order valence-electron chi connectivity index (χ2n) is 5.68. The molecule has 0 saturated heterocycles. The number of aromatic nitrogens is 2. The summed E-state index contributed by atoms with van der Waals surface area (Å²) >= 11 is 0. The van der Waals surface area contributed by atoms with E-state index in [-0.39, 0.29) is 0 Å². The van der Waals surface area contributed by atoms with Crippen LogP contribution < -0.4 is 5.73 Å². The molecule has 2 aromatic rings. The zero-order valence-corrected chi connectivity index (χ0v) is 12.0. The Morgan fingerprint density at radius 3 is 2.40 bits per heavy atom. The maximum Gasteiger partial charge on any atom is 0.0926 e. The van der Waals surface area contributed by atoms with Crippen molar-refractivity contribution in [1.29, 1.82) is 0 Å². The van der Waals surface area contributed by atoms with Crippen molar-refractivity contribution >= 4 is 0 Å². The van der Waals surface area contributed by atoms with Gasteiger partial charge in [-0.25, -0.2) is 0 Å². The highest BCUT2D eigenvalue weighted by Gasteiger charge is 2.18. The number of nitrogens with two attached hydrogens (primary N) is 1. The van der Waals surface area contributed by atoms with E-state index in [9.17, 15) is 0 Å². The van der Waals surface area contributed by atoms with E-state index in [1.165, 1.54) is 44.1 Å². The second-order valence-corrected chi connectivity index (χ2v) is 5.68. The lowest BCUT2D eigenvalue weighted by Crippen LogP contribution is -2.15. The summed E-state index contributed by atoms with van der Waals surface area (Å²) in [6, 6.07) is 13.1. The van der Waals surface area contributed by atoms with Gasteiger partial charge < -0.3 is 5.73 Å². The van der Waals surface area contributed by atoms with Crippen molar-refractivity contribution in [2.24, 2.45) is 5.73 Å². The Bertz CT molecular complexity index is 537. The fraction of sp³-hybridized carbons (Fsp3) is 0.471. The Kier molecular flexibility index (Phi) is 4.16. The topological polar surface area (TPSA) is 43.8 Å². The molecule has 0 unspecified atom stereocenters. The van der Waals surface area contributed by atoms with E-state index in [0.717, 1.165) is 11.4 Å². The minimum Gasteiger partial charge on any atom is -0.325 e. The lowest BCUT2D eigenvalue weighted by atomic mass is 10.1. The summed E-state index contributed by atoms with van der Waals surface area (Å²) in [4.78, 5) is 0. The molecule has 1 aliphatic carbocycles. The lowest BCUT2D eigenvalue weighted by Gasteiger charge is -2.17. The third-order valence-electron chi connectivity index (χ3n) is 4.26. The van der Waals surface area contributed by atoms with E-state index in [0.29, 0.717) is 12.6 Å². The molecule has 1 aromatic heterocycles. The average Bonchev–Trinajstić information content (AvgIpc) is 2.75. The summed E-state index contributed by atoms with van der Waals surface area (Å²) in [6.07, 6.45) is 7.83. The number of rotatable bonds is 3. The van der Waals surface area contributed by atoms with Crippen molar-refractivity contribution in [2.75, 3.05) is 0 Å². The fourth-order valence-corrected chi connectivity index (χ4v) is 3.15. The zero-order valence-electron chi connectivity index (χ0n) is 12.0. The van der Waals surface area contributed by atoms with Gasteiger partial charge in [-0.05, 0) is 18.9 Å². The summed E-state index contributed by atoms with van der Waals surface area (Å²) in [5.74, 6) is 0. The molecule has 3 nitrogen and oxygen atoms in total. The molecule has 106 valence electrons. The standard InChI is InChI=1S/C17H23N3/c18-13-16-12-17(14-8-4-3-5-9-14)19-20(16)15-10-6-1-2-7-11-15/h3-5,8-9,12,15H,1-2,6-7,10-11,13,18H2. The monoisotopic (exact) mass is 269 g/mol. The molecule has 0 bridgehead atoms. The second kappa shape index (κ2) is 6.23. The third-order valence-corrected chi connectivity index (χ3v) is 4.26. The third kappa shape index (κ3) is 2.78. The van der Waals surface area contributed by atoms with Crippen LogP contribution in [0.4, 0.5) is 0 Å². The van der Waals surface area contributed by atoms with Gasteiger partial charge in [0.2, 0.25) is 0 Å². The zero-order chi connectivity index (χ0) is 13.8. The highest BCUT2D eigenvalue weighted by atomic mass is 15.3. The molecule has 1 saturated carbocycles. The summed E-state index contributed by atoms with van der Waals surface area (Å²) < 4.78 is 2.20. The summed E-state index contributed by atoms with van der Waals surface area (Å²) in [6.45, 7) is 0.566. The summed E-state index contributed by atoms with van der Waals surface area (Å²) in [5.41, 5.74) is 9.32. The van der Waals surface area contributed by atoms with Gasteiger partial charge in [-0.3, -0.25) is 4.68 Å². The van der Waals surface area contributed by atoms with Gasteiger partial charge in [0.25, 0.3) is 0 Å². The Morgan fingerprint density at radius 1 is 1.05 bits per heavy atom. The maximum absolute atomic E-state index is 5.93. The summed E-state index contributed by atoms with van der Waals surface area (Å²) in [5, 5.41) is 4.85. The highest BCUT2D eigenvalue weighted by Crippen LogP contribution is 2.29. The molecule has 20 heavy (non-hydrogen) atoms. The molecule has 2 N–H and O–H groups in total. The Morgan fingerprint density at radius 2 is 1.75 bits per heavy atom. The molecule has 1 aliphatic rings. The minimum atomic E-state index is 0.536. The van der Waals surface area contributed by atoms with E-state index in [1.807, 2.05) is 6.07 Å². The summed E-state index contributed by atoms with van der Waals surface area (Å²) in [7, 11) is 0. The predicted molar refractivity (Wildman–Crippen MR) is 82.3 cm³/mol. The van der Waals surface area contributed by atoms with E-state index < -0.39 is 0 Å². The first-order valence-electron chi connectivity index (χ1n) is 7.72. The van der Waals surface area contributed by atoms with Crippen LogP contribution in [0.2, 0.25) is 0 Å². The van der Waals surface area contributed by atoms with Crippen LogP contribution in [0.3, 0.4) is 0 Å². The van der Waals surface area contributed by atoms with Crippen LogP contribution >= 0.6 is 0 Å². The van der Waals surface area contributed by atoms with Gasteiger partial charge in [-0.1, -0.05) is 56.0 Å². The van der Waals surface area contributed by atoms with E-state index in [4.69, 9.17) is 10.8 Å². The van der Waals surface area contributed by atoms with Crippen molar-refractivity contribution in [1.82, 2.24) is 9.78 Å². The van der Waals surface area contributed by atoms with Gasteiger partial charge in [0.05, 0.1) is 17.4 Å². The lowest BCUT2D eigenvalue weighted by molar-refractivity contribution is 0.394. The molecule has 1 aromatic carbocycles. The quantitative estimate of drug-likeness (QED) is 0.859. The number of hydrogen-bond acceptors (Lipinski definition) is 2. The van der Waals surface area contributed by atoms with Gasteiger partial charge in [-0.2, -0.15) is 5.10 Å². The largest absolute Gasteiger partial charge is 0.325 e. The van der Waals surface area contributed by atoms with Crippen molar-refractivity contribution in [3.63, 3.8) is 0 Å². The first-order valence-corrected chi connectivity index (χ1v) is 7.72. The fourth-order valence-electron chi connectivity index (χ4n) is 3.15. The first-order chi connectivity index (χ1) is 9.88. The van der Waals surface area contributed by atoms with Gasteiger partial charge in [0, 0.05) is 12.1 Å². The van der Waals surface area contributed by atoms with Crippen molar-refractivity contribution in [3.8, 4) is 11.3 Å². The smallest absolute Gasteiger partial charge is 0.0926 e. The Balaban J connectivity index is 1.92. The molecular formula is C17H23N3. The average molecular weight is 269 g/mol. The van der Waals surface area contributed by atoms with Crippen LogP contribution in [-0.4, -0.2) is 9.78 Å². The van der Waals surface area contributed by atoms with Gasteiger partial charge in [0.15, 0.2) is 0 Å². The van der Waals surface area contributed by atoms with Gasteiger partial charge >= 0.3 is 0 Å². The normalized spacial score (nSPS) is 17.1. The van der Waals surface area contributed by atoms with Crippen LogP contribution in [0.15, 0.2) is 36.4 Å². The maximum atomic E-state index is 5.93. The van der Waals surface area contributed by atoms with E-state index >= 15 is 0 Å². The molecule has 0 aliphatic heterocycles. The van der Waals surface area contributed by atoms with Crippen LogP contribution in [-0.2, 0) is 6.54 Å². The minimum absolute atomic E-state index is 0.536. The number of benzene rings is 1. The predicted octanol–water partition coefficient (Wildman–Crippen LogP) is 3.90. The molecule has 1 heterocycles. The first kappa shape index (κ1) is 13.4. The molecule has 0 radical (unpaired) electrons.